The lowest BCUT2D eigenvalue weighted by molar-refractivity contribution is -0.125. The molecule has 7 nitrogen and oxygen atoms in total. The van der Waals surface area contributed by atoms with Crippen LogP contribution in [0, 0.1) is 0 Å². The van der Waals surface area contributed by atoms with E-state index in [9.17, 15) is 4.79 Å². The molecule has 1 aromatic carbocycles. The number of carbonyl (C=O) groups excluding carboxylic acids is 1. The summed E-state index contributed by atoms with van der Waals surface area (Å²) in [5.74, 6) is 0.438. The number of benzene rings is 1. The van der Waals surface area contributed by atoms with Crippen LogP contribution in [0.3, 0.4) is 0 Å². The molecule has 0 aromatic heterocycles. The molecule has 0 bridgehead atoms. The fourth-order valence-corrected chi connectivity index (χ4v) is 2.31. The van der Waals surface area contributed by atoms with Crippen LogP contribution in [0.1, 0.15) is 0 Å². The van der Waals surface area contributed by atoms with Crippen LogP contribution in [-0.4, -0.2) is 66.7 Å². The molecule has 1 heterocycles. The highest BCUT2D eigenvalue weighted by Gasteiger charge is 2.25. The van der Waals surface area contributed by atoms with Gasteiger partial charge in [-0.2, -0.15) is 5.10 Å². The highest BCUT2D eigenvalue weighted by atomic mass is 32.1. The van der Waals surface area contributed by atoms with Crippen LogP contribution in [0.4, 0.5) is 5.69 Å². The first-order chi connectivity index (χ1) is 11.0. The molecular weight excluding hydrogens is 314 g/mol. The average Bonchev–Trinajstić information content (AvgIpc) is 2.55. The smallest absolute Gasteiger partial charge is 0.277 e. The lowest BCUT2D eigenvalue weighted by Gasteiger charge is -2.32. The first-order valence-corrected chi connectivity index (χ1v) is 7.67. The molecule has 8 heteroatoms. The van der Waals surface area contributed by atoms with Crippen molar-refractivity contribution in [2.24, 2.45) is 10.8 Å². The van der Waals surface area contributed by atoms with E-state index in [0.717, 1.165) is 13.1 Å². The van der Waals surface area contributed by atoms with Crippen LogP contribution in [0.25, 0.3) is 0 Å². The Morgan fingerprint density at radius 1 is 1.35 bits per heavy atom. The largest absolute Gasteiger partial charge is 0.497 e. The van der Waals surface area contributed by atoms with Gasteiger partial charge < -0.3 is 20.3 Å². The van der Waals surface area contributed by atoms with Crippen molar-refractivity contribution < 1.29 is 9.53 Å². The number of hydrogen-bond donors (Lipinski definition) is 2. The Balaban J connectivity index is 2.10. The number of ether oxygens (including phenoxy) is 1. The summed E-state index contributed by atoms with van der Waals surface area (Å²) in [7, 11) is 3.61. The Hall–Kier alpha value is -2.19. The van der Waals surface area contributed by atoms with Crippen molar-refractivity contribution in [1.82, 2.24) is 9.80 Å². The molecule has 3 N–H and O–H groups in total. The van der Waals surface area contributed by atoms with Crippen LogP contribution >= 0.6 is 12.2 Å². The molecule has 0 aliphatic carbocycles. The molecule has 23 heavy (non-hydrogen) atoms. The highest BCUT2D eigenvalue weighted by molar-refractivity contribution is 7.82. The SMILES string of the molecule is COc1cccc(N/N=C(/C(=O)N2CCN(C)CC2)C(N)=S)c1. The van der Waals surface area contributed by atoms with Gasteiger partial charge in [0, 0.05) is 32.2 Å². The Bertz CT molecular complexity index is 612. The summed E-state index contributed by atoms with van der Waals surface area (Å²) in [5, 5.41) is 4.10. The summed E-state index contributed by atoms with van der Waals surface area (Å²) < 4.78 is 5.14. The summed E-state index contributed by atoms with van der Waals surface area (Å²) in [6, 6.07) is 7.21. The number of anilines is 1. The standard InChI is InChI=1S/C15H21N5O2S/c1-19-6-8-20(9-7-19)15(21)13(14(16)23)18-17-11-4-3-5-12(10-11)22-2/h3-5,10,17H,6-9H2,1-2H3,(H2,16,23)/b18-13+. The van der Waals surface area contributed by atoms with Crippen LogP contribution in [0.5, 0.6) is 5.75 Å². The zero-order chi connectivity index (χ0) is 16.8. The number of nitrogens with two attached hydrogens (primary N) is 1. The highest BCUT2D eigenvalue weighted by Crippen LogP contribution is 2.16. The molecule has 0 unspecified atom stereocenters. The van der Waals surface area contributed by atoms with Crippen molar-refractivity contribution in [1.29, 1.82) is 0 Å². The van der Waals surface area contributed by atoms with E-state index in [1.54, 1.807) is 18.1 Å². The first kappa shape index (κ1) is 17.2. The number of hydrogen-bond acceptors (Lipinski definition) is 6. The van der Waals surface area contributed by atoms with Crippen molar-refractivity contribution in [3.63, 3.8) is 0 Å². The van der Waals surface area contributed by atoms with Gasteiger partial charge in [0.15, 0.2) is 5.71 Å². The third-order valence-corrected chi connectivity index (χ3v) is 3.79. The minimum absolute atomic E-state index is 0.0238. The van der Waals surface area contributed by atoms with Gasteiger partial charge in [-0.15, -0.1) is 0 Å². The van der Waals surface area contributed by atoms with E-state index in [0.29, 0.717) is 24.5 Å². The molecule has 0 saturated carbocycles. The molecule has 0 spiro atoms. The number of hydrazone groups is 1. The predicted octanol–water partition coefficient (Wildman–Crippen LogP) is 0.523. The Labute approximate surface area is 141 Å². The first-order valence-electron chi connectivity index (χ1n) is 7.26. The van der Waals surface area contributed by atoms with Gasteiger partial charge in [-0.3, -0.25) is 10.2 Å². The van der Waals surface area contributed by atoms with Gasteiger partial charge in [-0.1, -0.05) is 18.3 Å². The number of amides is 1. The van der Waals surface area contributed by atoms with E-state index < -0.39 is 0 Å². The maximum atomic E-state index is 12.5. The van der Waals surface area contributed by atoms with Crippen LogP contribution in [-0.2, 0) is 4.79 Å². The minimum atomic E-state index is -0.249. The van der Waals surface area contributed by atoms with Crippen molar-refractivity contribution >= 4 is 34.5 Å². The van der Waals surface area contributed by atoms with Crippen molar-refractivity contribution in [3.8, 4) is 5.75 Å². The Morgan fingerprint density at radius 2 is 2.04 bits per heavy atom. The monoisotopic (exact) mass is 335 g/mol. The molecule has 124 valence electrons. The van der Waals surface area contributed by atoms with Crippen LogP contribution < -0.4 is 15.9 Å². The molecule has 1 amide bonds. The maximum absolute atomic E-state index is 12.5. The third-order valence-electron chi connectivity index (χ3n) is 3.59. The second-order valence-electron chi connectivity index (χ2n) is 5.26. The summed E-state index contributed by atoms with van der Waals surface area (Å²) in [5.41, 5.74) is 9.23. The fourth-order valence-electron chi connectivity index (χ4n) is 2.18. The van der Waals surface area contributed by atoms with Gasteiger partial charge in [-0.25, -0.2) is 0 Å². The van der Waals surface area contributed by atoms with Crippen LogP contribution in [0.15, 0.2) is 29.4 Å². The number of piperazine rings is 1. The Morgan fingerprint density at radius 3 is 2.65 bits per heavy atom. The second-order valence-corrected chi connectivity index (χ2v) is 5.70. The summed E-state index contributed by atoms with van der Waals surface area (Å²) in [6.07, 6.45) is 0. The van der Waals surface area contributed by atoms with Crippen molar-refractivity contribution in [3.05, 3.63) is 24.3 Å². The normalized spacial score (nSPS) is 16.1. The van der Waals surface area contributed by atoms with Gasteiger partial charge in [0.25, 0.3) is 5.91 Å². The van der Waals surface area contributed by atoms with E-state index in [1.165, 1.54) is 0 Å². The third kappa shape index (κ3) is 4.64. The number of thiocarbonyl (C=S) groups is 1. The zero-order valence-electron chi connectivity index (χ0n) is 13.3. The summed E-state index contributed by atoms with van der Waals surface area (Å²) >= 11 is 4.97. The van der Waals surface area contributed by atoms with Crippen molar-refractivity contribution in [2.45, 2.75) is 0 Å². The number of carbonyl (C=O) groups is 1. The van der Waals surface area contributed by atoms with Gasteiger partial charge in [0.2, 0.25) is 0 Å². The van der Waals surface area contributed by atoms with E-state index in [4.69, 9.17) is 22.7 Å². The number of nitrogens with one attached hydrogen (secondary N) is 1. The molecule has 1 fully saturated rings. The molecule has 1 aliphatic heterocycles. The van der Waals surface area contributed by atoms with Gasteiger partial charge in [0.05, 0.1) is 12.8 Å². The minimum Gasteiger partial charge on any atom is -0.497 e. The van der Waals surface area contributed by atoms with Gasteiger partial charge in [0.1, 0.15) is 10.7 Å². The maximum Gasteiger partial charge on any atom is 0.277 e. The molecule has 1 saturated heterocycles. The van der Waals surface area contributed by atoms with E-state index in [-0.39, 0.29) is 16.6 Å². The fraction of sp³-hybridized carbons (Fsp3) is 0.400. The molecule has 1 aromatic rings. The second kappa shape index (κ2) is 7.89. The van der Waals surface area contributed by atoms with E-state index in [2.05, 4.69) is 15.4 Å². The summed E-state index contributed by atoms with van der Waals surface area (Å²) in [6.45, 7) is 2.91. The zero-order valence-corrected chi connectivity index (χ0v) is 14.1. The van der Waals surface area contributed by atoms with E-state index >= 15 is 0 Å². The molecule has 0 atom stereocenters. The lowest BCUT2D eigenvalue weighted by Crippen LogP contribution is -2.51. The number of nitrogens with zero attached hydrogens (tertiary/aromatic N) is 3. The average molecular weight is 335 g/mol. The van der Waals surface area contributed by atoms with Crippen LogP contribution in [0.2, 0.25) is 0 Å². The van der Waals surface area contributed by atoms with Crippen molar-refractivity contribution in [2.75, 3.05) is 45.8 Å². The molecule has 1 aliphatic rings. The molecule has 2 rings (SSSR count). The topological polar surface area (TPSA) is 83.2 Å². The number of methoxy groups -OCH3 is 1. The predicted molar refractivity (Wildman–Crippen MR) is 94.9 cm³/mol. The van der Waals surface area contributed by atoms with E-state index in [1.807, 2.05) is 25.2 Å². The molecular formula is C15H21N5O2S. The Kier molecular flexibility index (Phi) is 5.89. The number of rotatable bonds is 5. The quantitative estimate of drug-likeness (QED) is 0.464. The lowest BCUT2D eigenvalue weighted by atomic mass is 10.2. The number of likely N-dealkylation sites (N-methyl/N-ethyl adjacent to an activating group) is 1. The van der Waals surface area contributed by atoms with Gasteiger partial charge in [-0.05, 0) is 19.2 Å². The summed E-state index contributed by atoms with van der Waals surface area (Å²) in [4.78, 5) is 16.4. The molecule has 0 radical (unpaired) electrons. The van der Waals surface area contributed by atoms with Gasteiger partial charge >= 0.3 is 0 Å².